The molecule has 0 fully saturated rings. The first-order valence-electron chi connectivity index (χ1n) is 4.96. The molecule has 0 atom stereocenters. The standard InChI is InChI=1S/C13H14O3/c1-4-5-6-7-10-9(2)11(14)8-12(16-3)13(10)15/h4-8H,1-3H3. The lowest BCUT2D eigenvalue weighted by Gasteiger charge is -2.13. The third-order valence-electron chi connectivity index (χ3n) is 2.29. The zero-order chi connectivity index (χ0) is 12.1. The molecule has 0 aromatic carbocycles. The highest BCUT2D eigenvalue weighted by Gasteiger charge is 2.24. The first-order chi connectivity index (χ1) is 7.61. The molecule has 3 heteroatoms. The van der Waals surface area contributed by atoms with Crippen LogP contribution in [-0.2, 0) is 14.3 Å². The van der Waals surface area contributed by atoms with Crippen molar-refractivity contribution in [3.63, 3.8) is 0 Å². The molecular formula is C13H14O3. The van der Waals surface area contributed by atoms with Crippen LogP contribution in [0.3, 0.4) is 0 Å². The van der Waals surface area contributed by atoms with E-state index in [1.807, 2.05) is 13.0 Å². The minimum absolute atomic E-state index is 0.0933. The van der Waals surface area contributed by atoms with Gasteiger partial charge in [-0.2, -0.15) is 0 Å². The summed E-state index contributed by atoms with van der Waals surface area (Å²) in [5.41, 5.74) is 0.842. The summed E-state index contributed by atoms with van der Waals surface area (Å²) in [5, 5.41) is 0. The molecule has 0 heterocycles. The first kappa shape index (κ1) is 12.2. The van der Waals surface area contributed by atoms with Crippen molar-refractivity contribution in [3.8, 4) is 0 Å². The SMILES string of the molecule is CC=CC=CC1=C(C)C(=O)C=C(OC)C1=O. The molecule has 84 valence electrons. The molecule has 0 N–H and O–H groups in total. The smallest absolute Gasteiger partial charge is 0.228 e. The van der Waals surface area contributed by atoms with Crippen molar-refractivity contribution in [2.45, 2.75) is 13.8 Å². The van der Waals surface area contributed by atoms with Gasteiger partial charge in [0.2, 0.25) is 5.78 Å². The first-order valence-corrected chi connectivity index (χ1v) is 4.96. The molecule has 0 aromatic rings. The Hall–Kier alpha value is -1.90. The number of carbonyl (C=O) groups excluding carboxylic acids is 2. The van der Waals surface area contributed by atoms with Crippen molar-refractivity contribution < 1.29 is 14.3 Å². The van der Waals surface area contributed by atoms with Crippen LogP contribution >= 0.6 is 0 Å². The molecule has 1 rings (SSSR count). The number of ketones is 2. The molecule has 0 saturated heterocycles. The predicted molar refractivity (Wildman–Crippen MR) is 61.8 cm³/mol. The van der Waals surface area contributed by atoms with Crippen molar-refractivity contribution in [2.75, 3.05) is 7.11 Å². The van der Waals surface area contributed by atoms with Crippen molar-refractivity contribution >= 4 is 11.6 Å². The van der Waals surface area contributed by atoms with Crippen LogP contribution < -0.4 is 0 Å². The fraction of sp³-hybridized carbons (Fsp3) is 0.231. The van der Waals surface area contributed by atoms with E-state index in [9.17, 15) is 9.59 Å². The second-order valence-electron chi connectivity index (χ2n) is 3.33. The summed E-state index contributed by atoms with van der Waals surface area (Å²) >= 11 is 0. The molecule has 3 nitrogen and oxygen atoms in total. The average Bonchev–Trinajstić information content (AvgIpc) is 2.28. The van der Waals surface area contributed by atoms with Crippen LogP contribution in [0, 0.1) is 0 Å². The molecule has 1 aliphatic carbocycles. The van der Waals surface area contributed by atoms with Gasteiger partial charge in [-0.1, -0.05) is 24.3 Å². The molecule has 0 spiro atoms. The lowest BCUT2D eigenvalue weighted by Crippen LogP contribution is -2.18. The summed E-state index contributed by atoms with van der Waals surface area (Å²) in [7, 11) is 1.38. The van der Waals surface area contributed by atoms with E-state index in [1.165, 1.54) is 13.2 Å². The lowest BCUT2D eigenvalue weighted by molar-refractivity contribution is -0.117. The number of methoxy groups -OCH3 is 1. The number of rotatable bonds is 3. The monoisotopic (exact) mass is 218 g/mol. The summed E-state index contributed by atoms with van der Waals surface area (Å²) in [6.07, 6.45) is 8.21. The fourth-order valence-corrected chi connectivity index (χ4v) is 1.34. The van der Waals surface area contributed by atoms with Crippen molar-refractivity contribution in [1.82, 2.24) is 0 Å². The Morgan fingerprint density at radius 2 is 1.94 bits per heavy atom. The fourth-order valence-electron chi connectivity index (χ4n) is 1.34. The Bertz CT molecular complexity index is 434. The van der Waals surface area contributed by atoms with E-state index < -0.39 is 0 Å². The molecule has 1 aliphatic rings. The third-order valence-corrected chi connectivity index (χ3v) is 2.29. The van der Waals surface area contributed by atoms with Gasteiger partial charge in [0.1, 0.15) is 0 Å². The second kappa shape index (κ2) is 5.26. The number of ether oxygens (including phenoxy) is 1. The van der Waals surface area contributed by atoms with E-state index >= 15 is 0 Å². The van der Waals surface area contributed by atoms with E-state index in [0.717, 1.165) is 0 Å². The Kier molecular flexibility index (Phi) is 4.00. The molecule has 16 heavy (non-hydrogen) atoms. The maximum atomic E-state index is 11.8. The number of allylic oxidation sites excluding steroid dienone is 7. The van der Waals surface area contributed by atoms with Gasteiger partial charge in [-0.05, 0) is 13.8 Å². The number of hydrogen-bond acceptors (Lipinski definition) is 3. The summed E-state index contributed by atoms with van der Waals surface area (Å²) in [4.78, 5) is 23.4. The van der Waals surface area contributed by atoms with Crippen LogP contribution in [0.2, 0.25) is 0 Å². The van der Waals surface area contributed by atoms with Gasteiger partial charge in [0.05, 0.1) is 7.11 Å². The molecule has 0 radical (unpaired) electrons. The van der Waals surface area contributed by atoms with Crippen LogP contribution in [-0.4, -0.2) is 18.7 Å². The molecule has 0 amide bonds. The van der Waals surface area contributed by atoms with E-state index in [4.69, 9.17) is 4.74 Å². The Labute approximate surface area is 94.8 Å². The van der Waals surface area contributed by atoms with Gasteiger partial charge in [0, 0.05) is 17.2 Å². The topological polar surface area (TPSA) is 43.4 Å². The van der Waals surface area contributed by atoms with Crippen molar-refractivity contribution in [2.24, 2.45) is 0 Å². The van der Waals surface area contributed by atoms with Gasteiger partial charge in [-0.25, -0.2) is 0 Å². The molecule has 0 aromatic heterocycles. The van der Waals surface area contributed by atoms with Crippen molar-refractivity contribution in [1.29, 1.82) is 0 Å². The summed E-state index contributed by atoms with van der Waals surface area (Å²) < 4.78 is 4.86. The maximum Gasteiger partial charge on any atom is 0.228 e. The molecular weight excluding hydrogens is 204 g/mol. The lowest BCUT2D eigenvalue weighted by atomic mass is 9.94. The maximum absolute atomic E-state index is 11.8. The molecule has 0 bridgehead atoms. The van der Waals surface area contributed by atoms with E-state index in [1.54, 1.807) is 25.2 Å². The van der Waals surface area contributed by atoms with Crippen LogP contribution in [0.4, 0.5) is 0 Å². The van der Waals surface area contributed by atoms with Gasteiger partial charge in [-0.3, -0.25) is 9.59 Å². The Morgan fingerprint density at radius 1 is 1.25 bits per heavy atom. The third kappa shape index (κ3) is 2.37. The second-order valence-corrected chi connectivity index (χ2v) is 3.33. The Balaban J connectivity index is 3.10. The average molecular weight is 218 g/mol. The van der Waals surface area contributed by atoms with Crippen LogP contribution in [0.1, 0.15) is 13.8 Å². The highest BCUT2D eigenvalue weighted by Crippen LogP contribution is 2.20. The largest absolute Gasteiger partial charge is 0.492 e. The summed E-state index contributed by atoms with van der Waals surface area (Å²) in [6, 6.07) is 0. The van der Waals surface area contributed by atoms with Gasteiger partial charge in [-0.15, -0.1) is 0 Å². The van der Waals surface area contributed by atoms with Gasteiger partial charge in [0.15, 0.2) is 11.5 Å². The normalized spacial score (nSPS) is 17.6. The highest BCUT2D eigenvalue weighted by molar-refractivity contribution is 6.22. The van der Waals surface area contributed by atoms with E-state index in [0.29, 0.717) is 11.1 Å². The molecule has 0 unspecified atom stereocenters. The van der Waals surface area contributed by atoms with Gasteiger partial charge >= 0.3 is 0 Å². The van der Waals surface area contributed by atoms with Crippen LogP contribution in [0.15, 0.2) is 47.3 Å². The number of carbonyl (C=O) groups is 2. The van der Waals surface area contributed by atoms with Gasteiger partial charge < -0.3 is 4.74 Å². The quantitative estimate of drug-likeness (QED) is 0.538. The van der Waals surface area contributed by atoms with Crippen LogP contribution in [0.5, 0.6) is 0 Å². The number of Topliss-reactive ketones (excluding diaryl/α,β-unsaturated/α-hetero) is 1. The molecule has 0 saturated carbocycles. The predicted octanol–water partition coefficient (Wildman–Crippen LogP) is 2.12. The minimum Gasteiger partial charge on any atom is -0.492 e. The zero-order valence-electron chi connectivity index (χ0n) is 9.61. The van der Waals surface area contributed by atoms with Crippen molar-refractivity contribution in [3.05, 3.63) is 47.3 Å². The summed E-state index contributed by atoms with van der Waals surface area (Å²) in [5.74, 6) is -0.340. The summed E-state index contributed by atoms with van der Waals surface area (Å²) in [6.45, 7) is 3.51. The zero-order valence-corrected chi connectivity index (χ0v) is 9.61. The Morgan fingerprint density at radius 3 is 2.50 bits per heavy atom. The van der Waals surface area contributed by atoms with Gasteiger partial charge in [0.25, 0.3) is 0 Å². The van der Waals surface area contributed by atoms with E-state index in [2.05, 4.69) is 0 Å². The molecule has 0 aliphatic heterocycles. The van der Waals surface area contributed by atoms with E-state index in [-0.39, 0.29) is 17.3 Å². The minimum atomic E-state index is -0.250. The van der Waals surface area contributed by atoms with Crippen LogP contribution in [0.25, 0.3) is 0 Å². The number of hydrogen-bond donors (Lipinski definition) is 0. The highest BCUT2D eigenvalue weighted by atomic mass is 16.5.